The monoisotopic (exact) mass is 455 g/mol. The van der Waals surface area contributed by atoms with E-state index in [0.717, 1.165) is 18.9 Å². The van der Waals surface area contributed by atoms with E-state index in [1.54, 1.807) is 0 Å². The van der Waals surface area contributed by atoms with Crippen molar-refractivity contribution in [1.29, 1.82) is 0 Å². The van der Waals surface area contributed by atoms with Crippen molar-refractivity contribution in [3.8, 4) is 0 Å². The SMILES string of the molecule is COC(=O)[C@H](CSCC(=O)C(=O)OCC(C)(CO[N+](=O)[O-])CO[N+](=O)[O-])NC(C)=O. The third-order valence-electron chi connectivity index (χ3n) is 3.20. The molecule has 0 aromatic carbocycles. The molecule has 1 N–H and O–H groups in total. The van der Waals surface area contributed by atoms with Crippen molar-refractivity contribution in [3.05, 3.63) is 20.2 Å². The van der Waals surface area contributed by atoms with E-state index in [-0.39, 0.29) is 5.75 Å². The average Bonchev–Trinajstić information content (AvgIpc) is 2.67. The Morgan fingerprint density at radius 3 is 2.03 bits per heavy atom. The number of amides is 1. The molecule has 0 aromatic rings. The van der Waals surface area contributed by atoms with Crippen molar-refractivity contribution in [2.24, 2.45) is 5.41 Å². The number of hydrogen-bond donors (Lipinski definition) is 1. The van der Waals surface area contributed by atoms with Crippen molar-refractivity contribution in [2.45, 2.75) is 19.9 Å². The third-order valence-corrected chi connectivity index (χ3v) is 4.23. The zero-order chi connectivity index (χ0) is 23.3. The molecule has 30 heavy (non-hydrogen) atoms. The average molecular weight is 455 g/mol. The Hall–Kier alpha value is -3.17. The van der Waals surface area contributed by atoms with E-state index in [4.69, 9.17) is 4.74 Å². The molecular formula is C14H21N3O12S. The number of nitrogens with zero attached hydrogens (tertiary/aromatic N) is 2. The van der Waals surface area contributed by atoms with E-state index in [9.17, 15) is 39.4 Å². The van der Waals surface area contributed by atoms with Gasteiger partial charge in [-0.1, -0.05) is 6.92 Å². The zero-order valence-corrected chi connectivity index (χ0v) is 17.1. The molecule has 0 aromatic heterocycles. The lowest BCUT2D eigenvalue weighted by Crippen LogP contribution is -2.42. The summed E-state index contributed by atoms with van der Waals surface area (Å²) in [7, 11) is 1.12. The van der Waals surface area contributed by atoms with Gasteiger partial charge in [-0.05, 0) is 0 Å². The lowest BCUT2D eigenvalue weighted by atomic mass is 9.94. The molecule has 0 aliphatic heterocycles. The van der Waals surface area contributed by atoms with Gasteiger partial charge in [0.2, 0.25) is 11.7 Å². The molecule has 15 nitrogen and oxygen atoms in total. The fraction of sp³-hybridized carbons (Fsp3) is 0.714. The van der Waals surface area contributed by atoms with Crippen LogP contribution in [-0.4, -0.2) is 78.3 Å². The molecule has 0 spiro atoms. The van der Waals surface area contributed by atoms with Crippen molar-refractivity contribution in [3.63, 3.8) is 0 Å². The number of nitrogens with one attached hydrogen (secondary N) is 1. The number of thioether (sulfide) groups is 1. The smallest absolute Gasteiger partial charge is 0.375 e. The van der Waals surface area contributed by atoms with Crippen LogP contribution in [0, 0.1) is 25.6 Å². The minimum Gasteiger partial charge on any atom is -0.467 e. The lowest BCUT2D eigenvalue weighted by molar-refractivity contribution is -0.771. The number of Topliss-reactive ketones (excluding diaryl/α,β-unsaturated/α-hetero) is 1. The van der Waals surface area contributed by atoms with Gasteiger partial charge in [0, 0.05) is 18.1 Å². The molecule has 0 saturated carbocycles. The van der Waals surface area contributed by atoms with Crippen LogP contribution in [0.2, 0.25) is 0 Å². The fourth-order valence-electron chi connectivity index (χ4n) is 1.75. The second-order valence-electron chi connectivity index (χ2n) is 6.10. The Labute approximate surface area is 173 Å². The Bertz CT molecular complexity index is 653. The first-order valence-corrected chi connectivity index (χ1v) is 9.23. The van der Waals surface area contributed by atoms with Gasteiger partial charge in [-0.3, -0.25) is 9.59 Å². The quantitative estimate of drug-likeness (QED) is 0.135. The number of carbonyl (C=O) groups excluding carboxylic acids is 4. The number of carbonyl (C=O) groups is 4. The van der Waals surface area contributed by atoms with E-state index in [1.807, 2.05) is 0 Å². The zero-order valence-electron chi connectivity index (χ0n) is 16.3. The van der Waals surface area contributed by atoms with Crippen molar-refractivity contribution in [2.75, 3.05) is 38.4 Å². The molecule has 0 rings (SSSR count). The number of esters is 2. The van der Waals surface area contributed by atoms with Crippen LogP contribution >= 0.6 is 11.8 Å². The first-order chi connectivity index (χ1) is 13.9. The molecule has 0 saturated heterocycles. The maximum Gasteiger partial charge on any atom is 0.375 e. The maximum atomic E-state index is 11.9. The minimum atomic E-state index is -1.48. The van der Waals surface area contributed by atoms with Crippen LogP contribution in [0.4, 0.5) is 0 Å². The summed E-state index contributed by atoms with van der Waals surface area (Å²) in [5.41, 5.74) is -1.48. The number of hydrogen-bond acceptors (Lipinski definition) is 13. The van der Waals surface area contributed by atoms with Gasteiger partial charge in [-0.25, -0.2) is 9.59 Å². The highest BCUT2D eigenvalue weighted by atomic mass is 32.2. The van der Waals surface area contributed by atoms with Gasteiger partial charge >= 0.3 is 11.9 Å². The molecule has 0 radical (unpaired) electrons. The number of methoxy groups -OCH3 is 1. The summed E-state index contributed by atoms with van der Waals surface area (Å²) in [5, 5.41) is 20.7. The largest absolute Gasteiger partial charge is 0.467 e. The molecule has 1 atom stereocenters. The van der Waals surface area contributed by atoms with Crippen LogP contribution in [0.25, 0.3) is 0 Å². The van der Waals surface area contributed by atoms with Crippen molar-refractivity contribution in [1.82, 2.24) is 5.32 Å². The van der Waals surface area contributed by atoms with Crippen LogP contribution in [0.15, 0.2) is 0 Å². The van der Waals surface area contributed by atoms with Crippen LogP contribution in [-0.2, 0) is 38.3 Å². The second-order valence-corrected chi connectivity index (χ2v) is 7.13. The molecule has 0 heterocycles. The van der Waals surface area contributed by atoms with E-state index >= 15 is 0 Å². The summed E-state index contributed by atoms with van der Waals surface area (Å²) in [6, 6.07) is -1.02. The first kappa shape index (κ1) is 26.8. The maximum absolute atomic E-state index is 11.9. The molecule has 0 aliphatic rings. The predicted molar refractivity (Wildman–Crippen MR) is 96.9 cm³/mol. The second kappa shape index (κ2) is 13.1. The fourth-order valence-corrected chi connectivity index (χ4v) is 2.62. The molecule has 0 fully saturated rings. The summed E-state index contributed by atoms with van der Waals surface area (Å²) in [6.07, 6.45) is 0. The molecule has 0 bridgehead atoms. The van der Waals surface area contributed by atoms with Crippen LogP contribution in [0.5, 0.6) is 0 Å². The Morgan fingerprint density at radius 2 is 1.60 bits per heavy atom. The highest BCUT2D eigenvalue weighted by Crippen LogP contribution is 2.19. The van der Waals surface area contributed by atoms with E-state index in [2.05, 4.69) is 19.7 Å². The summed E-state index contributed by atoms with van der Waals surface area (Å²) < 4.78 is 9.27. The molecule has 16 heteroatoms. The summed E-state index contributed by atoms with van der Waals surface area (Å²) in [4.78, 5) is 75.2. The van der Waals surface area contributed by atoms with Gasteiger partial charge in [-0.15, -0.1) is 20.2 Å². The van der Waals surface area contributed by atoms with Gasteiger partial charge in [0.1, 0.15) is 25.9 Å². The van der Waals surface area contributed by atoms with Gasteiger partial charge in [0.25, 0.3) is 10.2 Å². The van der Waals surface area contributed by atoms with E-state index in [0.29, 0.717) is 0 Å². The standard InChI is InChI=1S/C14H21N3O12S/c1-9(18)15-10(12(20)26-3)4-30-5-11(19)13(21)27-6-14(2,7-28-16(22)23)8-29-17(24)25/h10H,4-8H2,1-3H3,(H,15,18)/t10-/m0/s1. The summed E-state index contributed by atoms with van der Waals surface area (Å²) in [6.45, 7) is 0.413. The first-order valence-electron chi connectivity index (χ1n) is 8.07. The normalized spacial score (nSPS) is 11.6. The minimum absolute atomic E-state index is 0.0592. The Kier molecular flexibility index (Phi) is 11.7. The number of rotatable bonds is 15. The lowest BCUT2D eigenvalue weighted by Gasteiger charge is -2.26. The van der Waals surface area contributed by atoms with Crippen LogP contribution < -0.4 is 5.32 Å². The van der Waals surface area contributed by atoms with Gasteiger partial charge < -0.3 is 24.5 Å². The van der Waals surface area contributed by atoms with Crippen molar-refractivity contribution >= 4 is 35.4 Å². The Morgan fingerprint density at radius 1 is 1.07 bits per heavy atom. The van der Waals surface area contributed by atoms with E-state index < -0.39 is 70.8 Å². The highest BCUT2D eigenvalue weighted by Gasteiger charge is 2.31. The predicted octanol–water partition coefficient (Wildman–Crippen LogP) is -1.07. The molecule has 1 amide bonds. The highest BCUT2D eigenvalue weighted by molar-refractivity contribution is 8.00. The molecular weight excluding hydrogens is 434 g/mol. The van der Waals surface area contributed by atoms with Gasteiger partial charge in [0.05, 0.1) is 12.9 Å². The number of ether oxygens (including phenoxy) is 2. The topological polar surface area (TPSA) is 204 Å². The molecule has 0 unspecified atom stereocenters. The van der Waals surface area contributed by atoms with Gasteiger partial charge in [-0.2, -0.15) is 11.8 Å². The Balaban J connectivity index is 4.67. The molecule has 0 aliphatic carbocycles. The number of ketones is 1. The summed E-state index contributed by atoms with van der Waals surface area (Å²) in [5.74, 6) is -4.00. The van der Waals surface area contributed by atoms with E-state index in [1.165, 1.54) is 13.8 Å². The third kappa shape index (κ3) is 11.6. The van der Waals surface area contributed by atoms with Crippen LogP contribution in [0.1, 0.15) is 13.8 Å². The molecule has 170 valence electrons. The summed E-state index contributed by atoms with van der Waals surface area (Å²) >= 11 is 0.851. The van der Waals surface area contributed by atoms with Crippen LogP contribution in [0.3, 0.4) is 0 Å². The van der Waals surface area contributed by atoms with Gasteiger partial charge in [0.15, 0.2) is 0 Å². The van der Waals surface area contributed by atoms with Crippen molar-refractivity contribution < 1.29 is 48.5 Å².